The predicted octanol–water partition coefficient (Wildman–Crippen LogP) is 3.15. The first kappa shape index (κ1) is 20.6. The Morgan fingerprint density at radius 1 is 0.900 bits per heavy atom. The molecule has 0 aliphatic carbocycles. The van der Waals surface area contributed by atoms with Gasteiger partial charge in [0, 0.05) is 56.4 Å². The second-order valence-electron chi connectivity index (χ2n) is 7.92. The summed E-state index contributed by atoms with van der Waals surface area (Å²) in [4.78, 5) is 43.4. The second kappa shape index (κ2) is 9.43. The summed E-state index contributed by atoms with van der Waals surface area (Å²) >= 11 is 1.47. The van der Waals surface area contributed by atoms with Gasteiger partial charge in [0.05, 0.1) is 4.88 Å². The third kappa shape index (κ3) is 4.56. The lowest BCUT2D eigenvalue weighted by Crippen LogP contribution is -2.44. The molecule has 2 fully saturated rings. The molecular formula is C23H27N3O3S. The van der Waals surface area contributed by atoms with Crippen LogP contribution in [0.5, 0.6) is 0 Å². The molecule has 6 nitrogen and oxygen atoms in total. The number of carbonyl (C=O) groups is 3. The Morgan fingerprint density at radius 3 is 2.27 bits per heavy atom. The van der Waals surface area contributed by atoms with E-state index in [0.29, 0.717) is 25.2 Å². The number of hydrogen-bond donors (Lipinski definition) is 0. The Labute approximate surface area is 181 Å². The molecule has 0 spiro atoms. The first-order chi connectivity index (χ1) is 14.7. The molecular weight excluding hydrogens is 398 g/mol. The molecule has 2 aromatic rings. The molecule has 0 bridgehead atoms. The first-order valence-electron chi connectivity index (χ1n) is 10.6. The molecule has 7 heteroatoms. The number of aldehydes is 1. The largest absolute Gasteiger partial charge is 0.371 e. The first-order valence-corrected chi connectivity index (χ1v) is 11.5. The van der Waals surface area contributed by atoms with Gasteiger partial charge >= 0.3 is 0 Å². The van der Waals surface area contributed by atoms with Crippen LogP contribution in [0.25, 0.3) is 0 Å². The third-order valence-electron chi connectivity index (χ3n) is 6.07. The van der Waals surface area contributed by atoms with Crippen LogP contribution in [0.4, 0.5) is 5.69 Å². The molecule has 30 heavy (non-hydrogen) atoms. The molecule has 0 atom stereocenters. The highest BCUT2D eigenvalue weighted by molar-refractivity contribution is 7.12. The van der Waals surface area contributed by atoms with Gasteiger partial charge in [-0.3, -0.25) is 14.4 Å². The summed E-state index contributed by atoms with van der Waals surface area (Å²) < 4.78 is 0. The number of benzene rings is 1. The number of carbonyl (C=O) groups excluding carboxylic acids is 3. The fourth-order valence-electron chi connectivity index (χ4n) is 4.30. The fraction of sp³-hybridized carbons (Fsp3) is 0.435. The van der Waals surface area contributed by atoms with Gasteiger partial charge in [-0.1, -0.05) is 6.07 Å². The highest BCUT2D eigenvalue weighted by Crippen LogP contribution is 2.25. The summed E-state index contributed by atoms with van der Waals surface area (Å²) in [5, 5.41) is 1.92. The molecule has 2 amide bonds. The maximum Gasteiger partial charge on any atom is 0.263 e. The minimum absolute atomic E-state index is 0.0510. The zero-order chi connectivity index (χ0) is 20.9. The van der Waals surface area contributed by atoms with Gasteiger partial charge in [0.15, 0.2) is 0 Å². The highest BCUT2D eigenvalue weighted by Gasteiger charge is 2.30. The van der Waals surface area contributed by atoms with Crippen molar-refractivity contribution in [2.75, 3.05) is 44.2 Å². The van der Waals surface area contributed by atoms with E-state index < -0.39 is 0 Å². The van der Waals surface area contributed by atoms with Gasteiger partial charge < -0.3 is 14.7 Å². The summed E-state index contributed by atoms with van der Waals surface area (Å²) in [6, 6.07) is 11.4. The molecule has 4 rings (SSSR count). The lowest BCUT2D eigenvalue weighted by atomic mass is 9.94. The van der Waals surface area contributed by atoms with Crippen molar-refractivity contribution in [2.45, 2.75) is 19.3 Å². The van der Waals surface area contributed by atoms with Crippen molar-refractivity contribution in [2.24, 2.45) is 5.92 Å². The standard InChI is InChI=1S/C23H27N3O3S/c27-17-18-4-6-20(7-5-18)24-12-8-19(9-13-24)22(28)25-10-2-11-26(15-14-25)23(29)21-3-1-16-30-21/h1,3-7,16-17,19H,2,8-15H2. The van der Waals surface area contributed by atoms with Crippen LogP contribution in [0, 0.1) is 5.92 Å². The van der Waals surface area contributed by atoms with Crippen molar-refractivity contribution in [3.63, 3.8) is 0 Å². The summed E-state index contributed by atoms with van der Waals surface area (Å²) in [6.45, 7) is 4.32. The summed E-state index contributed by atoms with van der Waals surface area (Å²) in [5.74, 6) is 0.361. The average molecular weight is 426 g/mol. The van der Waals surface area contributed by atoms with Crippen molar-refractivity contribution < 1.29 is 14.4 Å². The van der Waals surface area contributed by atoms with E-state index >= 15 is 0 Å². The van der Waals surface area contributed by atoms with Crippen LogP contribution >= 0.6 is 11.3 Å². The lowest BCUT2D eigenvalue weighted by Gasteiger charge is -2.35. The Morgan fingerprint density at radius 2 is 1.60 bits per heavy atom. The number of anilines is 1. The topological polar surface area (TPSA) is 60.9 Å². The number of nitrogens with zero attached hydrogens (tertiary/aromatic N) is 3. The van der Waals surface area contributed by atoms with Crippen LogP contribution in [0.15, 0.2) is 41.8 Å². The average Bonchev–Trinajstić information content (AvgIpc) is 3.23. The maximum absolute atomic E-state index is 13.1. The Hall–Kier alpha value is -2.67. The van der Waals surface area contributed by atoms with Gasteiger partial charge in [-0.25, -0.2) is 0 Å². The van der Waals surface area contributed by atoms with Crippen LogP contribution < -0.4 is 4.90 Å². The highest BCUT2D eigenvalue weighted by atomic mass is 32.1. The molecule has 2 saturated heterocycles. The second-order valence-corrected chi connectivity index (χ2v) is 8.87. The van der Waals surface area contributed by atoms with Crippen LogP contribution in [-0.2, 0) is 4.79 Å². The van der Waals surface area contributed by atoms with E-state index in [9.17, 15) is 14.4 Å². The molecule has 0 N–H and O–H groups in total. The molecule has 158 valence electrons. The van der Waals surface area contributed by atoms with E-state index in [4.69, 9.17) is 0 Å². The maximum atomic E-state index is 13.1. The van der Waals surface area contributed by atoms with Crippen LogP contribution in [-0.4, -0.2) is 67.2 Å². The van der Waals surface area contributed by atoms with Gasteiger partial charge in [-0.05, 0) is 55.0 Å². The zero-order valence-corrected chi connectivity index (χ0v) is 17.9. The Kier molecular flexibility index (Phi) is 6.47. The fourth-order valence-corrected chi connectivity index (χ4v) is 4.99. The summed E-state index contributed by atoms with van der Waals surface area (Å²) in [6.07, 6.45) is 3.35. The zero-order valence-electron chi connectivity index (χ0n) is 17.0. The van der Waals surface area contributed by atoms with Crippen LogP contribution in [0.3, 0.4) is 0 Å². The van der Waals surface area contributed by atoms with E-state index in [1.807, 2.05) is 51.6 Å². The van der Waals surface area contributed by atoms with E-state index in [-0.39, 0.29) is 17.7 Å². The third-order valence-corrected chi connectivity index (χ3v) is 6.92. The Balaban J connectivity index is 1.29. The van der Waals surface area contributed by atoms with Gasteiger partial charge in [0.25, 0.3) is 5.91 Å². The van der Waals surface area contributed by atoms with E-state index in [0.717, 1.165) is 55.7 Å². The van der Waals surface area contributed by atoms with Crippen molar-refractivity contribution in [1.82, 2.24) is 9.80 Å². The monoisotopic (exact) mass is 425 g/mol. The minimum atomic E-state index is 0.0510. The number of amides is 2. The number of hydrogen-bond acceptors (Lipinski definition) is 5. The molecule has 0 saturated carbocycles. The van der Waals surface area contributed by atoms with E-state index in [2.05, 4.69) is 4.90 Å². The lowest BCUT2D eigenvalue weighted by molar-refractivity contribution is -0.136. The molecule has 0 radical (unpaired) electrons. The number of rotatable bonds is 4. The molecule has 3 heterocycles. The van der Waals surface area contributed by atoms with E-state index in [1.165, 1.54) is 11.3 Å². The van der Waals surface area contributed by atoms with E-state index in [1.54, 1.807) is 0 Å². The van der Waals surface area contributed by atoms with Gasteiger partial charge in [0.2, 0.25) is 5.91 Å². The molecule has 2 aliphatic heterocycles. The van der Waals surface area contributed by atoms with Crippen molar-refractivity contribution in [3.8, 4) is 0 Å². The normalized spacial score (nSPS) is 18.2. The summed E-state index contributed by atoms with van der Waals surface area (Å²) in [5.41, 5.74) is 1.78. The van der Waals surface area contributed by atoms with Crippen molar-refractivity contribution >= 4 is 35.1 Å². The molecule has 2 aliphatic rings. The molecule has 0 unspecified atom stereocenters. The predicted molar refractivity (Wildman–Crippen MR) is 118 cm³/mol. The molecule has 1 aromatic carbocycles. The van der Waals surface area contributed by atoms with Gasteiger partial charge in [0.1, 0.15) is 6.29 Å². The van der Waals surface area contributed by atoms with Crippen LogP contribution in [0.2, 0.25) is 0 Å². The number of thiophene rings is 1. The van der Waals surface area contributed by atoms with Gasteiger partial charge in [-0.2, -0.15) is 0 Å². The Bertz CT molecular complexity index is 874. The SMILES string of the molecule is O=Cc1ccc(N2CCC(C(=O)N3CCCN(C(=O)c4cccs4)CC3)CC2)cc1. The van der Waals surface area contributed by atoms with Crippen molar-refractivity contribution in [3.05, 3.63) is 52.2 Å². The smallest absolute Gasteiger partial charge is 0.263 e. The quantitative estimate of drug-likeness (QED) is 0.706. The molecule has 1 aromatic heterocycles. The van der Waals surface area contributed by atoms with Crippen LogP contribution in [0.1, 0.15) is 39.3 Å². The minimum Gasteiger partial charge on any atom is -0.371 e. The number of piperidine rings is 1. The summed E-state index contributed by atoms with van der Waals surface area (Å²) in [7, 11) is 0. The van der Waals surface area contributed by atoms with Crippen molar-refractivity contribution in [1.29, 1.82) is 0 Å². The van der Waals surface area contributed by atoms with Gasteiger partial charge in [-0.15, -0.1) is 11.3 Å².